The molecule has 4 rings (SSSR count). The number of fused-ring (bicyclic) bond motifs is 3. The Kier molecular flexibility index (Phi) is 4.93. The minimum absolute atomic E-state index is 0.0517. The highest BCUT2D eigenvalue weighted by Gasteiger charge is 2.17. The quantitative estimate of drug-likeness (QED) is 0.436. The topological polar surface area (TPSA) is 90.9 Å². The number of carbonyl (C=O) groups is 1. The number of nitrogens with one attached hydrogen (secondary N) is 2. The zero-order chi connectivity index (χ0) is 19.5. The van der Waals surface area contributed by atoms with Gasteiger partial charge in [-0.2, -0.15) is 0 Å². The predicted octanol–water partition coefficient (Wildman–Crippen LogP) is 4.69. The lowest BCUT2D eigenvalue weighted by Crippen LogP contribution is -2.08. The summed E-state index contributed by atoms with van der Waals surface area (Å²) in [6, 6.07) is 18.2. The summed E-state index contributed by atoms with van der Waals surface area (Å²) in [6.07, 6.45) is 0.598. The molecule has 0 saturated heterocycles. The average Bonchev–Trinajstić information content (AvgIpc) is 3.09. The van der Waals surface area contributed by atoms with Gasteiger partial charge in [0.25, 0.3) is 0 Å². The van der Waals surface area contributed by atoms with Gasteiger partial charge in [0.2, 0.25) is 0 Å². The van der Waals surface area contributed by atoms with Crippen LogP contribution in [0, 0.1) is 0 Å². The summed E-state index contributed by atoms with van der Waals surface area (Å²) in [7, 11) is 0. The second kappa shape index (κ2) is 7.68. The van der Waals surface area contributed by atoms with Crippen LogP contribution in [0.4, 0.5) is 5.82 Å². The van der Waals surface area contributed by atoms with E-state index in [-0.39, 0.29) is 12.3 Å². The number of aromatic nitrogens is 3. The molecule has 2 heterocycles. The van der Waals surface area contributed by atoms with Crippen molar-refractivity contribution >= 4 is 33.7 Å². The van der Waals surface area contributed by atoms with E-state index in [0.717, 1.165) is 33.3 Å². The summed E-state index contributed by atoms with van der Waals surface area (Å²) in [4.78, 5) is 23.8. The highest BCUT2D eigenvalue weighted by molar-refractivity contribution is 6.11. The normalized spacial score (nSPS) is 12.3. The van der Waals surface area contributed by atoms with E-state index in [1.54, 1.807) is 0 Å². The molecule has 6 heteroatoms. The Hall–Kier alpha value is -3.41. The molecule has 6 nitrogen and oxygen atoms in total. The number of nitrogens with zero attached hydrogens (tertiary/aromatic N) is 2. The maximum absolute atomic E-state index is 10.9. The Bertz CT molecular complexity index is 1120. The molecule has 0 saturated carbocycles. The number of anilines is 1. The Balaban J connectivity index is 1.75. The predicted molar refractivity (Wildman–Crippen MR) is 110 cm³/mol. The maximum Gasteiger partial charge on any atom is 0.303 e. The second-order valence-electron chi connectivity index (χ2n) is 7.00. The lowest BCUT2D eigenvalue weighted by Gasteiger charge is -2.13. The molecule has 1 atom stereocenters. The van der Waals surface area contributed by atoms with Crippen LogP contribution in [0.2, 0.25) is 0 Å². The van der Waals surface area contributed by atoms with Crippen molar-refractivity contribution in [3.63, 3.8) is 0 Å². The third-order valence-electron chi connectivity index (χ3n) is 4.91. The van der Waals surface area contributed by atoms with E-state index in [4.69, 9.17) is 15.1 Å². The summed E-state index contributed by atoms with van der Waals surface area (Å²) in [5.74, 6) is 0.560. The number of carboxylic acids is 1. The maximum atomic E-state index is 10.9. The first-order chi connectivity index (χ1) is 13.6. The highest BCUT2D eigenvalue weighted by Crippen LogP contribution is 2.31. The first-order valence-corrected chi connectivity index (χ1v) is 9.40. The molecule has 2 aromatic heterocycles. The van der Waals surface area contributed by atoms with Crippen molar-refractivity contribution in [2.45, 2.75) is 32.2 Å². The van der Waals surface area contributed by atoms with Crippen LogP contribution in [0.15, 0.2) is 54.6 Å². The monoisotopic (exact) mass is 374 g/mol. The Morgan fingerprint density at radius 3 is 2.64 bits per heavy atom. The highest BCUT2D eigenvalue weighted by atomic mass is 16.4. The first-order valence-electron chi connectivity index (χ1n) is 9.40. The van der Waals surface area contributed by atoms with Crippen LogP contribution in [0.25, 0.3) is 21.9 Å². The fourth-order valence-electron chi connectivity index (χ4n) is 3.36. The number of H-pyrrole nitrogens is 1. The molecule has 142 valence electrons. The van der Waals surface area contributed by atoms with Gasteiger partial charge in [0, 0.05) is 29.8 Å². The minimum Gasteiger partial charge on any atom is -0.481 e. The van der Waals surface area contributed by atoms with Gasteiger partial charge in [0.1, 0.15) is 17.3 Å². The molecule has 4 aromatic rings. The van der Waals surface area contributed by atoms with Gasteiger partial charge in [-0.25, -0.2) is 9.97 Å². The molecular weight excluding hydrogens is 352 g/mol. The van der Waals surface area contributed by atoms with E-state index in [1.807, 2.05) is 43.3 Å². The SMILES string of the molecule is CC(CCC(=O)O)c1nc(NCc2ccccc2)c2c(n1)[nH]c1ccccc12. The van der Waals surface area contributed by atoms with Crippen molar-refractivity contribution < 1.29 is 9.90 Å². The molecular formula is C22H22N4O2. The molecule has 3 N–H and O–H groups in total. The number of aromatic amines is 1. The molecule has 2 aromatic carbocycles. The van der Waals surface area contributed by atoms with Gasteiger partial charge in [0.15, 0.2) is 0 Å². The molecule has 0 fully saturated rings. The minimum atomic E-state index is -0.805. The second-order valence-corrected chi connectivity index (χ2v) is 7.00. The molecule has 0 aliphatic rings. The number of hydrogen-bond acceptors (Lipinski definition) is 4. The van der Waals surface area contributed by atoms with Crippen LogP contribution in [0.5, 0.6) is 0 Å². The molecule has 0 spiro atoms. The number of benzene rings is 2. The summed E-state index contributed by atoms with van der Waals surface area (Å²) in [6.45, 7) is 2.61. The zero-order valence-electron chi connectivity index (χ0n) is 15.6. The van der Waals surface area contributed by atoms with Crippen LogP contribution in [-0.2, 0) is 11.3 Å². The number of carboxylic acid groups (broad SMARTS) is 1. The lowest BCUT2D eigenvalue weighted by atomic mass is 10.0. The molecule has 28 heavy (non-hydrogen) atoms. The van der Waals surface area contributed by atoms with Crippen LogP contribution < -0.4 is 5.32 Å². The van der Waals surface area contributed by atoms with Gasteiger partial charge >= 0.3 is 5.97 Å². The van der Waals surface area contributed by atoms with Crippen LogP contribution in [0.3, 0.4) is 0 Å². The van der Waals surface area contributed by atoms with Crippen molar-refractivity contribution in [3.8, 4) is 0 Å². The van der Waals surface area contributed by atoms with Crippen molar-refractivity contribution in [2.24, 2.45) is 0 Å². The summed E-state index contributed by atoms with van der Waals surface area (Å²) in [5, 5.41) is 14.5. The average molecular weight is 374 g/mol. The number of rotatable bonds is 7. The van der Waals surface area contributed by atoms with Gasteiger partial charge in [-0.3, -0.25) is 4.79 Å². The van der Waals surface area contributed by atoms with Crippen LogP contribution in [-0.4, -0.2) is 26.0 Å². The van der Waals surface area contributed by atoms with Gasteiger partial charge in [-0.1, -0.05) is 55.5 Å². The zero-order valence-corrected chi connectivity index (χ0v) is 15.6. The lowest BCUT2D eigenvalue weighted by molar-refractivity contribution is -0.137. The van der Waals surface area contributed by atoms with Gasteiger partial charge in [-0.05, 0) is 18.1 Å². The standard InChI is InChI=1S/C22H22N4O2/c1-14(11-12-18(27)28)20-25-21(23-13-15-7-3-2-4-8-15)19-16-9-5-6-10-17(16)24-22(19)26-20/h2-10,14H,11-13H2,1H3,(H,27,28)(H2,23,24,25,26). The van der Waals surface area contributed by atoms with Crippen molar-refractivity contribution in [1.82, 2.24) is 15.0 Å². The van der Waals surface area contributed by atoms with Gasteiger partial charge in [0.05, 0.1) is 5.39 Å². The van der Waals surface area contributed by atoms with E-state index in [1.165, 1.54) is 0 Å². The van der Waals surface area contributed by atoms with Crippen molar-refractivity contribution in [2.75, 3.05) is 5.32 Å². The fourth-order valence-corrected chi connectivity index (χ4v) is 3.36. The number of aliphatic carboxylic acids is 1. The Morgan fingerprint density at radius 1 is 1.11 bits per heavy atom. The fraction of sp³-hybridized carbons (Fsp3) is 0.227. The Morgan fingerprint density at radius 2 is 1.86 bits per heavy atom. The smallest absolute Gasteiger partial charge is 0.303 e. The van der Waals surface area contributed by atoms with Crippen molar-refractivity contribution in [3.05, 3.63) is 66.0 Å². The van der Waals surface area contributed by atoms with Gasteiger partial charge < -0.3 is 15.4 Å². The van der Waals surface area contributed by atoms with E-state index in [9.17, 15) is 4.79 Å². The number of hydrogen-bond donors (Lipinski definition) is 3. The number of para-hydroxylation sites is 1. The van der Waals surface area contributed by atoms with E-state index in [2.05, 4.69) is 28.5 Å². The summed E-state index contributed by atoms with van der Waals surface area (Å²) >= 11 is 0. The van der Waals surface area contributed by atoms with Crippen molar-refractivity contribution in [1.29, 1.82) is 0 Å². The van der Waals surface area contributed by atoms with Gasteiger partial charge in [-0.15, -0.1) is 0 Å². The molecule has 0 bridgehead atoms. The molecule has 0 aliphatic carbocycles. The molecule has 0 radical (unpaired) electrons. The molecule has 0 amide bonds. The van der Waals surface area contributed by atoms with Crippen LogP contribution >= 0.6 is 0 Å². The molecule has 1 unspecified atom stereocenters. The van der Waals surface area contributed by atoms with Crippen LogP contribution in [0.1, 0.15) is 37.1 Å². The Labute approximate surface area is 162 Å². The third-order valence-corrected chi connectivity index (χ3v) is 4.91. The van der Waals surface area contributed by atoms with E-state index in [0.29, 0.717) is 18.8 Å². The summed E-state index contributed by atoms with van der Waals surface area (Å²) < 4.78 is 0. The first kappa shape index (κ1) is 18.0. The molecule has 0 aliphatic heterocycles. The summed E-state index contributed by atoms with van der Waals surface area (Å²) in [5.41, 5.74) is 2.93. The van der Waals surface area contributed by atoms with E-state index < -0.39 is 5.97 Å². The largest absolute Gasteiger partial charge is 0.481 e. The van der Waals surface area contributed by atoms with E-state index >= 15 is 0 Å². The third kappa shape index (κ3) is 3.67.